The van der Waals surface area contributed by atoms with E-state index in [2.05, 4.69) is 15.3 Å². The van der Waals surface area contributed by atoms with E-state index in [0.717, 1.165) is 20.8 Å². The fourth-order valence-corrected chi connectivity index (χ4v) is 2.79. The highest BCUT2D eigenvalue weighted by Crippen LogP contribution is 2.32. The third-order valence-corrected chi connectivity index (χ3v) is 3.76. The van der Waals surface area contributed by atoms with Crippen LogP contribution >= 0.6 is 11.3 Å². The SMILES string of the molecule is CC(=O)Nc1cncc(-c2nc3cc(O)ccc3s2)c1. The van der Waals surface area contributed by atoms with E-state index >= 15 is 0 Å². The molecule has 1 aromatic carbocycles. The molecule has 3 aromatic rings. The van der Waals surface area contributed by atoms with Crippen LogP contribution in [0.1, 0.15) is 6.92 Å². The van der Waals surface area contributed by atoms with Crippen LogP contribution in [0.3, 0.4) is 0 Å². The summed E-state index contributed by atoms with van der Waals surface area (Å²) in [6.45, 7) is 1.45. The van der Waals surface area contributed by atoms with Crippen LogP contribution in [-0.2, 0) is 4.79 Å². The van der Waals surface area contributed by atoms with Crippen molar-refractivity contribution < 1.29 is 9.90 Å². The fraction of sp³-hybridized carbons (Fsp3) is 0.0714. The number of thiazole rings is 1. The van der Waals surface area contributed by atoms with Crippen molar-refractivity contribution in [1.29, 1.82) is 0 Å². The number of pyridine rings is 1. The molecule has 2 aromatic heterocycles. The van der Waals surface area contributed by atoms with Crippen LogP contribution in [0.5, 0.6) is 5.75 Å². The van der Waals surface area contributed by atoms with E-state index in [0.29, 0.717) is 5.69 Å². The summed E-state index contributed by atoms with van der Waals surface area (Å²) in [4.78, 5) is 19.6. The molecular formula is C14H11N3O2S. The van der Waals surface area contributed by atoms with Gasteiger partial charge in [-0.3, -0.25) is 9.78 Å². The zero-order valence-electron chi connectivity index (χ0n) is 10.6. The van der Waals surface area contributed by atoms with Gasteiger partial charge in [-0.05, 0) is 18.2 Å². The van der Waals surface area contributed by atoms with Gasteiger partial charge in [-0.15, -0.1) is 11.3 Å². The maximum absolute atomic E-state index is 11.1. The number of phenols is 1. The van der Waals surface area contributed by atoms with Crippen LogP contribution in [0.25, 0.3) is 20.8 Å². The summed E-state index contributed by atoms with van der Waals surface area (Å²) in [5.74, 6) is 0.0534. The molecule has 6 heteroatoms. The molecule has 0 aliphatic carbocycles. The topological polar surface area (TPSA) is 75.1 Å². The van der Waals surface area contributed by atoms with Crippen LogP contribution in [0.4, 0.5) is 5.69 Å². The van der Waals surface area contributed by atoms with Gasteiger partial charge in [0.1, 0.15) is 10.8 Å². The van der Waals surface area contributed by atoms with E-state index in [-0.39, 0.29) is 11.7 Å². The van der Waals surface area contributed by atoms with Crippen molar-refractivity contribution in [2.24, 2.45) is 0 Å². The quantitative estimate of drug-likeness (QED) is 0.759. The lowest BCUT2D eigenvalue weighted by Crippen LogP contribution is -2.05. The molecule has 2 N–H and O–H groups in total. The number of carbonyl (C=O) groups excluding carboxylic acids is 1. The van der Waals surface area contributed by atoms with Crippen molar-refractivity contribution >= 4 is 33.1 Å². The van der Waals surface area contributed by atoms with Gasteiger partial charge in [0, 0.05) is 24.8 Å². The molecule has 100 valence electrons. The predicted molar refractivity (Wildman–Crippen MR) is 78.8 cm³/mol. The van der Waals surface area contributed by atoms with Gasteiger partial charge in [0.25, 0.3) is 0 Å². The molecule has 0 aliphatic rings. The largest absolute Gasteiger partial charge is 0.508 e. The fourth-order valence-electron chi connectivity index (χ4n) is 1.87. The first-order valence-electron chi connectivity index (χ1n) is 5.94. The normalized spacial score (nSPS) is 10.7. The zero-order chi connectivity index (χ0) is 14.1. The molecule has 1 amide bonds. The molecule has 0 aliphatic heterocycles. The van der Waals surface area contributed by atoms with Crippen LogP contribution in [0.15, 0.2) is 36.7 Å². The summed E-state index contributed by atoms with van der Waals surface area (Å²) in [6.07, 6.45) is 3.28. The van der Waals surface area contributed by atoms with Gasteiger partial charge >= 0.3 is 0 Å². The highest BCUT2D eigenvalue weighted by atomic mass is 32.1. The first-order valence-corrected chi connectivity index (χ1v) is 6.76. The minimum Gasteiger partial charge on any atom is -0.508 e. The number of fused-ring (bicyclic) bond motifs is 1. The number of aromatic nitrogens is 2. The Morgan fingerprint density at radius 3 is 2.95 bits per heavy atom. The van der Waals surface area contributed by atoms with Crippen molar-refractivity contribution in [1.82, 2.24) is 9.97 Å². The van der Waals surface area contributed by atoms with E-state index in [1.807, 2.05) is 12.1 Å². The Morgan fingerprint density at radius 2 is 2.15 bits per heavy atom. The molecule has 0 spiro atoms. The maximum Gasteiger partial charge on any atom is 0.221 e. The highest BCUT2D eigenvalue weighted by Gasteiger charge is 2.08. The van der Waals surface area contributed by atoms with E-state index in [4.69, 9.17) is 0 Å². The second kappa shape index (κ2) is 4.90. The predicted octanol–water partition coefficient (Wildman–Crippen LogP) is 3.02. The van der Waals surface area contributed by atoms with Gasteiger partial charge in [-0.25, -0.2) is 4.98 Å². The van der Waals surface area contributed by atoms with Crippen molar-refractivity contribution in [2.75, 3.05) is 5.32 Å². The van der Waals surface area contributed by atoms with Gasteiger partial charge in [0.15, 0.2) is 0 Å². The average Bonchev–Trinajstić information content (AvgIpc) is 2.81. The number of anilines is 1. The minimum absolute atomic E-state index is 0.141. The Morgan fingerprint density at radius 1 is 1.30 bits per heavy atom. The minimum atomic E-state index is -0.141. The number of hydrogen-bond donors (Lipinski definition) is 2. The molecule has 0 atom stereocenters. The summed E-state index contributed by atoms with van der Waals surface area (Å²) < 4.78 is 0.989. The van der Waals surface area contributed by atoms with Crippen LogP contribution in [-0.4, -0.2) is 21.0 Å². The monoisotopic (exact) mass is 285 g/mol. The van der Waals surface area contributed by atoms with Gasteiger partial charge in [-0.1, -0.05) is 0 Å². The molecule has 0 unspecified atom stereocenters. The van der Waals surface area contributed by atoms with Crippen molar-refractivity contribution in [3.63, 3.8) is 0 Å². The molecule has 0 saturated carbocycles. The lowest BCUT2D eigenvalue weighted by atomic mass is 10.2. The van der Waals surface area contributed by atoms with Crippen molar-refractivity contribution in [2.45, 2.75) is 6.92 Å². The Bertz CT molecular complexity index is 798. The lowest BCUT2D eigenvalue weighted by molar-refractivity contribution is -0.114. The molecule has 0 radical (unpaired) electrons. The first-order chi connectivity index (χ1) is 9.61. The molecule has 3 rings (SSSR count). The molecule has 0 fully saturated rings. The number of amides is 1. The Hall–Kier alpha value is -2.47. The summed E-state index contributed by atoms with van der Waals surface area (Å²) in [5.41, 5.74) is 2.21. The molecular weight excluding hydrogens is 274 g/mol. The van der Waals surface area contributed by atoms with Crippen molar-refractivity contribution in [3.8, 4) is 16.3 Å². The van der Waals surface area contributed by atoms with Crippen molar-refractivity contribution in [3.05, 3.63) is 36.7 Å². The molecule has 20 heavy (non-hydrogen) atoms. The standard InChI is InChI=1S/C14H11N3O2S/c1-8(18)16-10-4-9(6-15-7-10)14-17-12-5-11(19)2-3-13(12)20-14/h2-7,19H,1H3,(H,16,18). The van der Waals surface area contributed by atoms with Crippen LogP contribution in [0, 0.1) is 0 Å². The second-order valence-electron chi connectivity index (χ2n) is 4.31. The number of benzene rings is 1. The van der Waals surface area contributed by atoms with Gasteiger partial charge in [0.2, 0.25) is 5.91 Å². The van der Waals surface area contributed by atoms with Gasteiger partial charge in [-0.2, -0.15) is 0 Å². The average molecular weight is 285 g/mol. The summed E-state index contributed by atoms with van der Waals surface area (Å²) in [7, 11) is 0. The second-order valence-corrected chi connectivity index (χ2v) is 5.35. The Kier molecular flexibility index (Phi) is 3.08. The van der Waals surface area contributed by atoms with Crippen LogP contribution < -0.4 is 5.32 Å². The highest BCUT2D eigenvalue weighted by molar-refractivity contribution is 7.21. The van der Waals surface area contributed by atoms with Gasteiger partial charge in [0.05, 0.1) is 22.1 Å². The maximum atomic E-state index is 11.1. The number of aromatic hydroxyl groups is 1. The van der Waals surface area contributed by atoms with Crippen LogP contribution in [0.2, 0.25) is 0 Å². The number of nitrogens with one attached hydrogen (secondary N) is 1. The van der Waals surface area contributed by atoms with E-state index < -0.39 is 0 Å². The van der Waals surface area contributed by atoms with Gasteiger partial charge < -0.3 is 10.4 Å². The summed E-state index contributed by atoms with van der Waals surface area (Å²) in [6, 6.07) is 6.92. The number of carbonyl (C=O) groups is 1. The molecule has 2 heterocycles. The van der Waals surface area contributed by atoms with E-state index in [1.54, 1.807) is 24.5 Å². The number of phenolic OH excluding ortho intramolecular Hbond substituents is 1. The molecule has 0 saturated heterocycles. The first kappa shape index (κ1) is 12.6. The lowest BCUT2D eigenvalue weighted by Gasteiger charge is -2.02. The smallest absolute Gasteiger partial charge is 0.221 e. The number of nitrogens with zero attached hydrogens (tertiary/aromatic N) is 2. The summed E-state index contributed by atoms with van der Waals surface area (Å²) >= 11 is 1.51. The zero-order valence-corrected chi connectivity index (χ0v) is 11.4. The third kappa shape index (κ3) is 2.46. The van der Waals surface area contributed by atoms with E-state index in [1.165, 1.54) is 18.3 Å². The Balaban J connectivity index is 2.03. The van der Waals surface area contributed by atoms with E-state index in [9.17, 15) is 9.90 Å². The Labute approximate surface area is 118 Å². The third-order valence-electron chi connectivity index (χ3n) is 2.68. The number of rotatable bonds is 2. The number of hydrogen-bond acceptors (Lipinski definition) is 5. The molecule has 0 bridgehead atoms. The summed E-state index contributed by atoms with van der Waals surface area (Å²) in [5, 5.41) is 12.9. The molecule has 5 nitrogen and oxygen atoms in total.